The number of nitrogens with zero attached hydrogens (tertiary/aromatic N) is 2. The van der Waals surface area contributed by atoms with Crippen molar-refractivity contribution < 1.29 is 4.39 Å². The summed E-state index contributed by atoms with van der Waals surface area (Å²) in [5, 5.41) is 3.29. The van der Waals surface area contributed by atoms with Gasteiger partial charge in [0.05, 0.1) is 23.4 Å². The van der Waals surface area contributed by atoms with E-state index in [1.807, 2.05) is 36.5 Å². The van der Waals surface area contributed by atoms with E-state index in [1.165, 1.54) is 4.88 Å². The number of hydrogen-bond acceptors (Lipinski definition) is 4. The first-order valence-electron chi connectivity index (χ1n) is 7.09. The molecule has 0 spiro atoms. The number of halogens is 1. The van der Waals surface area contributed by atoms with Gasteiger partial charge in [-0.1, -0.05) is 19.9 Å². The second-order valence-corrected chi connectivity index (χ2v) is 6.48. The predicted octanol–water partition coefficient (Wildman–Crippen LogP) is 3.73. The zero-order chi connectivity index (χ0) is 15.4. The van der Waals surface area contributed by atoms with Crippen LogP contribution in [0.2, 0.25) is 0 Å². The molecule has 114 valence electrons. The van der Waals surface area contributed by atoms with E-state index in [2.05, 4.69) is 24.1 Å². The van der Waals surface area contributed by atoms with E-state index >= 15 is 0 Å². The Kier molecular flexibility index (Phi) is 5.31. The molecule has 1 N–H and O–H groups in total. The molecule has 2 aromatic rings. The number of benzene rings is 1. The molecular weight excluding hydrogens is 285 g/mol. The van der Waals surface area contributed by atoms with Gasteiger partial charge in [-0.15, -0.1) is 11.3 Å². The van der Waals surface area contributed by atoms with Crippen LogP contribution in [0.1, 0.15) is 30.0 Å². The molecule has 0 saturated carbocycles. The van der Waals surface area contributed by atoms with Crippen LogP contribution in [-0.4, -0.2) is 18.1 Å². The van der Waals surface area contributed by atoms with Crippen molar-refractivity contribution in [3.63, 3.8) is 0 Å². The lowest BCUT2D eigenvalue weighted by molar-refractivity contribution is 0.581. The summed E-state index contributed by atoms with van der Waals surface area (Å²) in [6.45, 7) is 7.51. The predicted molar refractivity (Wildman–Crippen MR) is 87.3 cm³/mol. The van der Waals surface area contributed by atoms with Crippen molar-refractivity contribution in [1.29, 1.82) is 0 Å². The number of aryl methyl sites for hydroxylation is 1. The molecule has 0 amide bonds. The fraction of sp³-hybridized carbons (Fsp3) is 0.438. The highest BCUT2D eigenvalue weighted by molar-refractivity contribution is 7.09. The molecule has 0 bridgehead atoms. The number of thiazole rings is 1. The summed E-state index contributed by atoms with van der Waals surface area (Å²) in [6.07, 6.45) is 0. The summed E-state index contributed by atoms with van der Waals surface area (Å²) in [5.41, 5.74) is 4.43. The molecule has 3 nitrogen and oxygen atoms in total. The van der Waals surface area contributed by atoms with Crippen molar-refractivity contribution >= 4 is 17.0 Å². The summed E-state index contributed by atoms with van der Waals surface area (Å²) in [6, 6.07) is 5.83. The highest BCUT2D eigenvalue weighted by Crippen LogP contribution is 2.23. The lowest BCUT2D eigenvalue weighted by Gasteiger charge is -2.20. The first-order valence-corrected chi connectivity index (χ1v) is 7.97. The van der Waals surface area contributed by atoms with Gasteiger partial charge < -0.3 is 10.2 Å². The fourth-order valence-electron chi connectivity index (χ4n) is 2.07. The molecule has 5 heteroatoms. The van der Waals surface area contributed by atoms with E-state index in [9.17, 15) is 4.39 Å². The Balaban J connectivity index is 2.07. The molecule has 1 heterocycles. The van der Waals surface area contributed by atoms with Crippen LogP contribution >= 0.6 is 11.3 Å². The average Bonchev–Trinajstić information content (AvgIpc) is 2.82. The molecule has 0 aliphatic carbocycles. The van der Waals surface area contributed by atoms with Gasteiger partial charge in [-0.3, -0.25) is 0 Å². The minimum atomic E-state index is -0.178. The first kappa shape index (κ1) is 15.9. The van der Waals surface area contributed by atoms with Gasteiger partial charge >= 0.3 is 0 Å². The van der Waals surface area contributed by atoms with Crippen molar-refractivity contribution in [3.8, 4) is 0 Å². The third-order valence-electron chi connectivity index (χ3n) is 3.36. The quantitative estimate of drug-likeness (QED) is 0.881. The van der Waals surface area contributed by atoms with Gasteiger partial charge in [0.25, 0.3) is 0 Å². The molecule has 0 atom stereocenters. The van der Waals surface area contributed by atoms with E-state index in [0.29, 0.717) is 24.8 Å². The molecule has 0 radical (unpaired) electrons. The minimum absolute atomic E-state index is 0.178. The van der Waals surface area contributed by atoms with Crippen molar-refractivity contribution in [2.24, 2.45) is 0 Å². The van der Waals surface area contributed by atoms with Gasteiger partial charge in [0.2, 0.25) is 0 Å². The number of hydrogen-bond donors (Lipinski definition) is 1. The number of rotatable bonds is 6. The van der Waals surface area contributed by atoms with Gasteiger partial charge in [0.15, 0.2) is 0 Å². The van der Waals surface area contributed by atoms with Gasteiger partial charge in [0, 0.05) is 24.5 Å². The Morgan fingerprint density at radius 3 is 2.71 bits per heavy atom. The monoisotopic (exact) mass is 307 g/mol. The van der Waals surface area contributed by atoms with E-state index in [0.717, 1.165) is 11.3 Å². The van der Waals surface area contributed by atoms with Crippen molar-refractivity contribution in [2.45, 2.75) is 39.9 Å². The number of aromatic nitrogens is 1. The van der Waals surface area contributed by atoms with Gasteiger partial charge in [-0.05, 0) is 24.6 Å². The van der Waals surface area contributed by atoms with Crippen LogP contribution in [0.25, 0.3) is 0 Å². The zero-order valence-electron chi connectivity index (χ0n) is 13.0. The summed E-state index contributed by atoms with van der Waals surface area (Å²) in [4.78, 5) is 7.33. The molecular formula is C16H22FN3S. The minimum Gasteiger partial charge on any atom is -0.367 e. The number of nitrogens with one attached hydrogen (secondary N) is 1. The SMILES string of the molecule is Cc1ncsc1CN(C)c1ccc(CNC(C)C)cc1F. The maximum atomic E-state index is 14.3. The number of anilines is 1. The molecule has 21 heavy (non-hydrogen) atoms. The van der Waals surface area contributed by atoms with Crippen LogP contribution in [0.5, 0.6) is 0 Å². The Morgan fingerprint density at radius 1 is 1.38 bits per heavy atom. The smallest absolute Gasteiger partial charge is 0.146 e. The third-order valence-corrected chi connectivity index (χ3v) is 4.28. The van der Waals surface area contributed by atoms with Crippen LogP contribution in [0.15, 0.2) is 23.7 Å². The zero-order valence-corrected chi connectivity index (χ0v) is 13.8. The van der Waals surface area contributed by atoms with Gasteiger partial charge in [0.1, 0.15) is 5.82 Å². The normalized spacial score (nSPS) is 11.1. The van der Waals surface area contributed by atoms with E-state index in [1.54, 1.807) is 17.4 Å². The summed E-state index contributed by atoms with van der Waals surface area (Å²) in [5.74, 6) is -0.178. The maximum Gasteiger partial charge on any atom is 0.146 e. The topological polar surface area (TPSA) is 28.2 Å². The lowest BCUT2D eigenvalue weighted by Crippen LogP contribution is -2.22. The molecule has 0 aliphatic heterocycles. The Morgan fingerprint density at radius 2 is 2.14 bits per heavy atom. The Labute approximate surface area is 129 Å². The van der Waals surface area contributed by atoms with Gasteiger partial charge in [-0.25, -0.2) is 9.37 Å². The molecule has 0 aliphatic rings. The lowest BCUT2D eigenvalue weighted by atomic mass is 10.1. The first-order chi connectivity index (χ1) is 9.97. The Bertz CT molecular complexity index is 595. The van der Waals surface area contributed by atoms with E-state index in [-0.39, 0.29) is 5.82 Å². The Hall–Kier alpha value is -1.46. The van der Waals surface area contributed by atoms with E-state index < -0.39 is 0 Å². The van der Waals surface area contributed by atoms with Crippen LogP contribution in [0.3, 0.4) is 0 Å². The molecule has 0 saturated heterocycles. The second kappa shape index (κ2) is 7.00. The molecule has 1 aromatic heterocycles. The largest absolute Gasteiger partial charge is 0.367 e. The van der Waals surface area contributed by atoms with Crippen LogP contribution < -0.4 is 10.2 Å². The van der Waals surface area contributed by atoms with Crippen molar-refractivity contribution in [2.75, 3.05) is 11.9 Å². The summed E-state index contributed by atoms with van der Waals surface area (Å²) >= 11 is 1.61. The molecule has 2 rings (SSSR count). The molecule has 0 unspecified atom stereocenters. The molecule has 1 aromatic carbocycles. The van der Waals surface area contributed by atoms with Crippen molar-refractivity contribution in [1.82, 2.24) is 10.3 Å². The fourth-order valence-corrected chi connectivity index (χ4v) is 2.90. The highest BCUT2D eigenvalue weighted by atomic mass is 32.1. The van der Waals surface area contributed by atoms with E-state index in [4.69, 9.17) is 0 Å². The average molecular weight is 307 g/mol. The van der Waals surface area contributed by atoms with Crippen LogP contribution in [-0.2, 0) is 13.1 Å². The highest BCUT2D eigenvalue weighted by Gasteiger charge is 2.11. The summed E-state index contributed by atoms with van der Waals surface area (Å²) in [7, 11) is 1.91. The second-order valence-electron chi connectivity index (χ2n) is 5.54. The van der Waals surface area contributed by atoms with Crippen molar-refractivity contribution in [3.05, 3.63) is 45.7 Å². The summed E-state index contributed by atoms with van der Waals surface area (Å²) < 4.78 is 14.3. The maximum absolute atomic E-state index is 14.3. The van der Waals surface area contributed by atoms with Crippen LogP contribution in [0, 0.1) is 12.7 Å². The van der Waals surface area contributed by atoms with Crippen LogP contribution in [0.4, 0.5) is 10.1 Å². The third kappa shape index (κ3) is 4.25. The molecule has 0 fully saturated rings. The van der Waals surface area contributed by atoms with Gasteiger partial charge in [-0.2, -0.15) is 0 Å². The standard InChI is InChI=1S/C16H22FN3S/c1-11(2)18-8-13-5-6-15(14(17)7-13)20(4)9-16-12(3)19-10-21-16/h5-7,10-11,18H,8-9H2,1-4H3.